The number of halogens is 1. The molecule has 8 heteroatoms. The molecule has 0 saturated heterocycles. The third-order valence-corrected chi connectivity index (χ3v) is 6.09. The predicted molar refractivity (Wildman–Crippen MR) is 116 cm³/mol. The minimum Gasteiger partial charge on any atom is -0.496 e. The van der Waals surface area contributed by atoms with Crippen LogP contribution in [0, 0.1) is 12.7 Å². The second kappa shape index (κ2) is 9.72. The van der Waals surface area contributed by atoms with Crippen molar-refractivity contribution in [1.29, 1.82) is 0 Å². The molecule has 31 heavy (non-hydrogen) atoms. The summed E-state index contributed by atoms with van der Waals surface area (Å²) < 4.78 is 46.2. The Hall–Kier alpha value is -3.23. The van der Waals surface area contributed by atoms with Gasteiger partial charge in [0.25, 0.3) is 5.91 Å². The first kappa shape index (κ1) is 22.5. The summed E-state index contributed by atoms with van der Waals surface area (Å²) in [5.41, 5.74) is 2.51. The number of aryl methyl sites for hydroxylation is 1. The number of sulfonamides is 1. The Balaban J connectivity index is 1.66. The fraction of sp³-hybridized carbons (Fsp3) is 0.174. The molecule has 1 amide bonds. The maximum absolute atomic E-state index is 13.3. The van der Waals surface area contributed by atoms with Crippen LogP contribution in [0.15, 0.2) is 71.6 Å². The van der Waals surface area contributed by atoms with Crippen molar-refractivity contribution >= 4 is 15.9 Å². The van der Waals surface area contributed by atoms with Gasteiger partial charge in [-0.25, -0.2) is 17.5 Å². The second-order valence-electron chi connectivity index (χ2n) is 6.97. The number of ether oxygens (including phenoxy) is 1. The van der Waals surface area contributed by atoms with Crippen molar-refractivity contribution < 1.29 is 22.3 Å². The SMILES string of the molecule is COc1cc(C(=O)NCc2cccc(S(=O)(=O)NCc3cccc(F)c3)c2)ccc1C. The first-order valence-electron chi connectivity index (χ1n) is 9.54. The first-order valence-corrected chi connectivity index (χ1v) is 11.0. The fourth-order valence-electron chi connectivity index (χ4n) is 2.98. The Morgan fingerprint density at radius 2 is 1.68 bits per heavy atom. The van der Waals surface area contributed by atoms with Crippen LogP contribution >= 0.6 is 0 Å². The van der Waals surface area contributed by atoms with E-state index < -0.39 is 15.8 Å². The number of amides is 1. The smallest absolute Gasteiger partial charge is 0.251 e. The van der Waals surface area contributed by atoms with E-state index in [4.69, 9.17) is 4.74 Å². The molecule has 0 fully saturated rings. The van der Waals surface area contributed by atoms with E-state index in [1.807, 2.05) is 6.92 Å². The van der Waals surface area contributed by atoms with Gasteiger partial charge in [0.15, 0.2) is 0 Å². The third-order valence-electron chi connectivity index (χ3n) is 4.69. The van der Waals surface area contributed by atoms with Gasteiger partial charge < -0.3 is 10.1 Å². The van der Waals surface area contributed by atoms with Gasteiger partial charge in [0.1, 0.15) is 11.6 Å². The zero-order chi connectivity index (χ0) is 22.4. The van der Waals surface area contributed by atoms with Gasteiger partial charge in [-0.15, -0.1) is 0 Å². The molecule has 0 atom stereocenters. The highest BCUT2D eigenvalue weighted by molar-refractivity contribution is 7.89. The second-order valence-corrected chi connectivity index (χ2v) is 8.74. The molecule has 6 nitrogen and oxygen atoms in total. The monoisotopic (exact) mass is 442 g/mol. The van der Waals surface area contributed by atoms with Crippen molar-refractivity contribution in [3.05, 3.63) is 94.8 Å². The van der Waals surface area contributed by atoms with E-state index in [1.165, 1.54) is 37.4 Å². The van der Waals surface area contributed by atoms with Gasteiger partial charge in [-0.1, -0.05) is 30.3 Å². The molecular weight excluding hydrogens is 419 g/mol. The Kier molecular flexibility index (Phi) is 7.04. The molecule has 0 aliphatic carbocycles. The molecule has 2 N–H and O–H groups in total. The summed E-state index contributed by atoms with van der Waals surface area (Å²) in [5, 5.41) is 2.78. The summed E-state index contributed by atoms with van der Waals surface area (Å²) in [6.07, 6.45) is 0. The molecule has 0 heterocycles. The fourth-order valence-corrected chi connectivity index (χ4v) is 4.06. The summed E-state index contributed by atoms with van der Waals surface area (Å²) in [6, 6.07) is 17.2. The summed E-state index contributed by atoms with van der Waals surface area (Å²) in [5.74, 6) is -0.110. The third kappa shape index (κ3) is 5.90. The van der Waals surface area contributed by atoms with Crippen molar-refractivity contribution in [2.24, 2.45) is 0 Å². The van der Waals surface area contributed by atoms with E-state index in [0.29, 0.717) is 22.4 Å². The highest BCUT2D eigenvalue weighted by atomic mass is 32.2. The molecule has 0 aromatic heterocycles. The standard InChI is InChI=1S/C23H23FN2O4S/c1-16-9-10-19(13-22(16)30-2)23(27)25-14-18-6-4-8-21(12-18)31(28,29)26-15-17-5-3-7-20(24)11-17/h3-13,26H,14-15H2,1-2H3,(H,25,27). The van der Waals surface area contributed by atoms with E-state index in [9.17, 15) is 17.6 Å². The lowest BCUT2D eigenvalue weighted by Crippen LogP contribution is -2.25. The van der Waals surface area contributed by atoms with Gasteiger partial charge in [0.2, 0.25) is 10.0 Å². The molecule has 0 bridgehead atoms. The maximum Gasteiger partial charge on any atom is 0.251 e. The van der Waals surface area contributed by atoms with E-state index in [-0.39, 0.29) is 23.9 Å². The minimum absolute atomic E-state index is 0.0314. The number of hydrogen-bond acceptors (Lipinski definition) is 4. The lowest BCUT2D eigenvalue weighted by molar-refractivity contribution is 0.0950. The average molecular weight is 443 g/mol. The Bertz CT molecular complexity index is 1200. The van der Waals surface area contributed by atoms with Crippen molar-refractivity contribution in [3.8, 4) is 5.75 Å². The van der Waals surface area contributed by atoms with Crippen molar-refractivity contribution in [2.75, 3.05) is 7.11 Å². The molecule has 0 radical (unpaired) electrons. The zero-order valence-corrected chi connectivity index (χ0v) is 18.0. The Labute approximate surface area is 181 Å². The van der Waals surface area contributed by atoms with Gasteiger partial charge in [0.05, 0.1) is 12.0 Å². The largest absolute Gasteiger partial charge is 0.496 e. The van der Waals surface area contributed by atoms with Gasteiger partial charge >= 0.3 is 0 Å². The summed E-state index contributed by atoms with van der Waals surface area (Å²) in [6.45, 7) is 2.01. The highest BCUT2D eigenvalue weighted by Gasteiger charge is 2.15. The predicted octanol–water partition coefficient (Wildman–Crippen LogP) is 3.55. The Morgan fingerprint density at radius 3 is 2.39 bits per heavy atom. The molecule has 162 valence electrons. The zero-order valence-electron chi connectivity index (χ0n) is 17.2. The van der Waals surface area contributed by atoms with E-state index in [2.05, 4.69) is 10.0 Å². The van der Waals surface area contributed by atoms with Crippen LogP contribution < -0.4 is 14.8 Å². The molecule has 3 aromatic rings. The van der Waals surface area contributed by atoms with Crippen LogP contribution in [-0.4, -0.2) is 21.4 Å². The molecule has 0 aliphatic heterocycles. The molecule has 0 aliphatic rings. The topological polar surface area (TPSA) is 84.5 Å². The molecule has 0 unspecified atom stereocenters. The van der Waals surface area contributed by atoms with E-state index in [1.54, 1.807) is 36.4 Å². The number of carbonyl (C=O) groups excluding carboxylic acids is 1. The highest BCUT2D eigenvalue weighted by Crippen LogP contribution is 2.19. The average Bonchev–Trinajstić information content (AvgIpc) is 2.77. The lowest BCUT2D eigenvalue weighted by atomic mass is 10.1. The summed E-state index contributed by atoms with van der Waals surface area (Å²) in [4.78, 5) is 12.5. The van der Waals surface area contributed by atoms with E-state index in [0.717, 1.165) is 5.56 Å². The minimum atomic E-state index is -3.80. The maximum atomic E-state index is 13.3. The number of benzene rings is 3. The quantitative estimate of drug-likeness (QED) is 0.559. The molecular formula is C23H23FN2O4S. The number of nitrogens with one attached hydrogen (secondary N) is 2. The van der Waals surface area contributed by atoms with Crippen LogP contribution in [0.4, 0.5) is 4.39 Å². The normalized spacial score (nSPS) is 11.2. The van der Waals surface area contributed by atoms with Crippen molar-refractivity contribution in [1.82, 2.24) is 10.0 Å². The van der Waals surface area contributed by atoms with Gasteiger partial charge in [-0.2, -0.15) is 0 Å². The van der Waals surface area contributed by atoms with Crippen LogP contribution in [0.5, 0.6) is 5.75 Å². The number of rotatable bonds is 8. The van der Waals surface area contributed by atoms with Crippen molar-refractivity contribution in [3.63, 3.8) is 0 Å². The van der Waals surface area contributed by atoms with Crippen LogP contribution in [0.3, 0.4) is 0 Å². The molecule has 3 rings (SSSR count). The van der Waals surface area contributed by atoms with Crippen LogP contribution in [-0.2, 0) is 23.1 Å². The molecule has 0 saturated carbocycles. The number of hydrogen-bond donors (Lipinski definition) is 2. The Morgan fingerprint density at radius 1 is 0.968 bits per heavy atom. The lowest BCUT2D eigenvalue weighted by Gasteiger charge is -2.11. The van der Waals surface area contributed by atoms with Crippen LogP contribution in [0.1, 0.15) is 27.0 Å². The first-order chi connectivity index (χ1) is 14.8. The number of methoxy groups -OCH3 is 1. The van der Waals surface area contributed by atoms with E-state index >= 15 is 0 Å². The van der Waals surface area contributed by atoms with Crippen molar-refractivity contribution in [2.45, 2.75) is 24.9 Å². The summed E-state index contributed by atoms with van der Waals surface area (Å²) >= 11 is 0. The molecule has 0 spiro atoms. The van der Waals surface area contributed by atoms with Crippen LogP contribution in [0.2, 0.25) is 0 Å². The number of carbonyl (C=O) groups is 1. The van der Waals surface area contributed by atoms with Gasteiger partial charge in [-0.05, 0) is 60.0 Å². The summed E-state index contributed by atoms with van der Waals surface area (Å²) in [7, 11) is -2.26. The van der Waals surface area contributed by atoms with Crippen LogP contribution in [0.25, 0.3) is 0 Å². The van der Waals surface area contributed by atoms with Gasteiger partial charge in [-0.3, -0.25) is 4.79 Å². The van der Waals surface area contributed by atoms with Gasteiger partial charge in [0, 0.05) is 18.7 Å². The molecule has 3 aromatic carbocycles.